The molecule has 0 fully saturated rings. The van der Waals surface area contributed by atoms with Crippen LogP contribution in [0, 0.1) is 29.8 Å². The molecule has 0 amide bonds. The first-order valence-electron chi connectivity index (χ1n) is 6.00. The third-order valence-corrected chi connectivity index (χ3v) is 3.09. The maximum absolute atomic E-state index is 13.3. The lowest BCUT2D eigenvalue weighted by molar-refractivity contribution is 0.445. The molecule has 1 aromatic carbocycles. The van der Waals surface area contributed by atoms with Crippen LogP contribution < -0.4 is 0 Å². The first-order valence-corrected chi connectivity index (χ1v) is 6.00. The van der Waals surface area contributed by atoms with Crippen LogP contribution in [-0.4, -0.2) is 11.4 Å². The van der Waals surface area contributed by atoms with Gasteiger partial charge in [-0.1, -0.05) is 12.5 Å². The fourth-order valence-corrected chi connectivity index (χ4v) is 2.09. The number of allylic oxidation sites excluding steroid dienone is 3. The average molecular weight is 275 g/mol. The number of halogens is 3. The van der Waals surface area contributed by atoms with E-state index in [1.165, 1.54) is 0 Å². The van der Waals surface area contributed by atoms with Gasteiger partial charge in [0.15, 0.2) is 17.5 Å². The second-order valence-electron chi connectivity index (χ2n) is 4.22. The van der Waals surface area contributed by atoms with E-state index in [0.717, 1.165) is 12.1 Å². The predicted molar refractivity (Wildman–Crippen MR) is 72.7 cm³/mol. The lowest BCUT2D eigenvalue weighted by Crippen LogP contribution is -2.24. The Morgan fingerprint density at radius 1 is 1.20 bits per heavy atom. The Morgan fingerprint density at radius 2 is 1.80 bits per heavy atom. The summed E-state index contributed by atoms with van der Waals surface area (Å²) < 4.78 is 39.7. The minimum absolute atomic E-state index is 0.233. The van der Waals surface area contributed by atoms with Crippen molar-refractivity contribution in [3.63, 3.8) is 0 Å². The van der Waals surface area contributed by atoms with Crippen LogP contribution in [0.5, 0.6) is 0 Å². The van der Waals surface area contributed by atoms with Crippen LogP contribution in [0.1, 0.15) is 12.5 Å². The molecule has 1 heterocycles. The molecule has 0 unspecified atom stereocenters. The minimum Gasteiger partial charge on any atom is -0.341 e. The molecular weight excluding hydrogens is 263 g/mol. The third-order valence-electron chi connectivity index (χ3n) is 3.09. The molecule has 1 aliphatic rings. The number of terminal acetylenes is 1. The predicted octanol–water partition coefficient (Wildman–Crippen LogP) is 3.85. The molecule has 0 bridgehead atoms. The molecule has 1 nitrogen and oxygen atoms in total. The summed E-state index contributed by atoms with van der Waals surface area (Å²) in [5.41, 5.74) is 1.92. The molecule has 1 aliphatic heterocycles. The van der Waals surface area contributed by atoms with Gasteiger partial charge in [-0.2, -0.15) is 0 Å². The monoisotopic (exact) mass is 275 g/mol. The molecule has 0 atom stereocenters. The molecule has 0 aliphatic carbocycles. The fraction of sp³-hybridized carbons (Fsp3) is 0.125. The van der Waals surface area contributed by atoms with Crippen LogP contribution in [0.3, 0.4) is 0 Å². The highest BCUT2D eigenvalue weighted by Gasteiger charge is 2.21. The highest BCUT2D eigenvalue weighted by atomic mass is 19.2. The highest BCUT2D eigenvalue weighted by molar-refractivity contribution is 5.72. The van der Waals surface area contributed by atoms with Crippen molar-refractivity contribution in [1.29, 1.82) is 0 Å². The minimum atomic E-state index is -1.48. The van der Waals surface area contributed by atoms with E-state index in [4.69, 9.17) is 6.42 Å². The van der Waals surface area contributed by atoms with Crippen molar-refractivity contribution in [2.75, 3.05) is 6.54 Å². The van der Waals surface area contributed by atoms with E-state index in [0.29, 0.717) is 23.5 Å². The second kappa shape index (κ2) is 5.30. The summed E-state index contributed by atoms with van der Waals surface area (Å²) in [5, 5.41) is 0. The van der Waals surface area contributed by atoms with Crippen molar-refractivity contribution in [2.24, 2.45) is 0 Å². The second-order valence-corrected chi connectivity index (χ2v) is 4.22. The summed E-state index contributed by atoms with van der Waals surface area (Å²) in [4.78, 5) is 1.72. The van der Waals surface area contributed by atoms with Crippen molar-refractivity contribution in [1.82, 2.24) is 4.90 Å². The molecule has 2 rings (SSSR count). The van der Waals surface area contributed by atoms with Gasteiger partial charge in [-0.05, 0) is 31.2 Å². The molecule has 0 radical (unpaired) electrons. The highest BCUT2D eigenvalue weighted by Crippen LogP contribution is 2.31. The van der Waals surface area contributed by atoms with Gasteiger partial charge in [0.1, 0.15) is 0 Å². The quantitative estimate of drug-likeness (QED) is 0.585. The fourth-order valence-electron chi connectivity index (χ4n) is 2.09. The molecule has 20 heavy (non-hydrogen) atoms. The Hall–Kier alpha value is -2.41. The Bertz CT molecular complexity index is 654. The number of hydrogen-bond acceptors (Lipinski definition) is 1. The van der Waals surface area contributed by atoms with Gasteiger partial charge in [-0.25, -0.2) is 13.2 Å². The third kappa shape index (κ3) is 2.23. The van der Waals surface area contributed by atoms with Crippen LogP contribution >= 0.6 is 0 Å². The molecule has 102 valence electrons. The molecule has 0 saturated carbocycles. The van der Waals surface area contributed by atoms with Gasteiger partial charge >= 0.3 is 0 Å². The maximum Gasteiger partial charge on any atom is 0.194 e. The zero-order valence-electron chi connectivity index (χ0n) is 10.9. The normalized spacial score (nSPS) is 14.8. The van der Waals surface area contributed by atoms with Gasteiger partial charge in [0.25, 0.3) is 0 Å². The smallest absolute Gasteiger partial charge is 0.194 e. The first kappa shape index (κ1) is 14.0. The van der Waals surface area contributed by atoms with Gasteiger partial charge in [0.05, 0.1) is 0 Å². The van der Waals surface area contributed by atoms with E-state index in [1.54, 1.807) is 17.1 Å². The number of hydrogen-bond donors (Lipinski definition) is 0. The van der Waals surface area contributed by atoms with E-state index in [-0.39, 0.29) is 5.56 Å². The topological polar surface area (TPSA) is 3.24 Å². The summed E-state index contributed by atoms with van der Waals surface area (Å²) in [6.07, 6.45) is 8.64. The number of benzene rings is 1. The Balaban J connectivity index is 2.57. The molecular formula is C16H12F3N. The van der Waals surface area contributed by atoms with Gasteiger partial charge < -0.3 is 4.90 Å². The van der Waals surface area contributed by atoms with E-state index in [9.17, 15) is 13.2 Å². The van der Waals surface area contributed by atoms with Crippen LogP contribution in [0.25, 0.3) is 5.70 Å². The zero-order chi connectivity index (χ0) is 14.9. The lowest BCUT2D eigenvalue weighted by Gasteiger charge is -2.30. The summed E-state index contributed by atoms with van der Waals surface area (Å²) in [7, 11) is 0. The molecule has 0 saturated heterocycles. The van der Waals surface area contributed by atoms with E-state index in [2.05, 4.69) is 12.5 Å². The van der Waals surface area contributed by atoms with Crippen molar-refractivity contribution in [3.8, 4) is 12.3 Å². The summed E-state index contributed by atoms with van der Waals surface area (Å²) in [5.74, 6) is -1.45. The van der Waals surface area contributed by atoms with Gasteiger partial charge in [-0.3, -0.25) is 0 Å². The Labute approximate surface area is 115 Å². The SMILES string of the molecule is C#CC1=CC=C(c2cc(F)c(F)c(F)c2)N(CC)C1=C. The van der Waals surface area contributed by atoms with E-state index in [1.807, 2.05) is 6.92 Å². The van der Waals surface area contributed by atoms with Crippen LogP contribution in [0.2, 0.25) is 0 Å². The molecule has 0 N–H and O–H groups in total. The van der Waals surface area contributed by atoms with Crippen molar-refractivity contribution in [3.05, 3.63) is 65.1 Å². The first-order chi connectivity index (χ1) is 9.49. The van der Waals surface area contributed by atoms with E-state index >= 15 is 0 Å². The Morgan fingerprint density at radius 3 is 2.30 bits per heavy atom. The maximum atomic E-state index is 13.3. The summed E-state index contributed by atoms with van der Waals surface area (Å²) >= 11 is 0. The molecule has 0 spiro atoms. The molecule has 1 aromatic rings. The van der Waals surface area contributed by atoms with E-state index < -0.39 is 17.5 Å². The van der Waals surface area contributed by atoms with Crippen LogP contribution in [0.15, 0.2) is 42.1 Å². The number of nitrogens with zero attached hydrogens (tertiary/aromatic N) is 1. The van der Waals surface area contributed by atoms with Gasteiger partial charge in [0.2, 0.25) is 0 Å². The van der Waals surface area contributed by atoms with Gasteiger partial charge in [-0.15, -0.1) is 6.42 Å². The van der Waals surface area contributed by atoms with Crippen LogP contribution in [0.4, 0.5) is 13.2 Å². The molecule has 4 heteroatoms. The standard InChI is InChI=1S/C16H12F3N/c1-4-11-6-7-15(20(5-2)10(11)3)12-8-13(17)16(19)14(18)9-12/h1,6-9H,3,5H2,2H3. The van der Waals surface area contributed by atoms with Crippen molar-refractivity contribution < 1.29 is 13.2 Å². The molecule has 0 aromatic heterocycles. The number of likely N-dealkylation sites (N-methyl/N-ethyl adjacent to an activating group) is 1. The average Bonchev–Trinajstić information content (AvgIpc) is 2.43. The van der Waals surface area contributed by atoms with Crippen molar-refractivity contribution >= 4 is 5.70 Å². The Kier molecular flexibility index (Phi) is 3.71. The summed E-state index contributed by atoms with van der Waals surface area (Å²) in [6.45, 7) is 6.24. The van der Waals surface area contributed by atoms with Crippen LogP contribution in [-0.2, 0) is 0 Å². The zero-order valence-corrected chi connectivity index (χ0v) is 10.9. The van der Waals surface area contributed by atoms with Crippen molar-refractivity contribution in [2.45, 2.75) is 6.92 Å². The summed E-state index contributed by atoms with van der Waals surface area (Å²) in [6, 6.07) is 1.91. The lowest BCUT2D eigenvalue weighted by atomic mass is 10.0. The largest absolute Gasteiger partial charge is 0.341 e. The van der Waals surface area contributed by atoms with Gasteiger partial charge in [0, 0.05) is 29.1 Å². The number of rotatable bonds is 2.